The summed E-state index contributed by atoms with van der Waals surface area (Å²) in [5.74, 6) is 0.768. The third-order valence-electron chi connectivity index (χ3n) is 2.81. The summed E-state index contributed by atoms with van der Waals surface area (Å²) in [6.07, 6.45) is 0.958. The van der Waals surface area contributed by atoms with Crippen molar-refractivity contribution in [1.29, 1.82) is 0 Å². The van der Waals surface area contributed by atoms with Crippen molar-refractivity contribution < 1.29 is 0 Å². The van der Waals surface area contributed by atoms with Crippen molar-refractivity contribution in [2.24, 2.45) is 5.73 Å². The quantitative estimate of drug-likeness (QED) is 0.640. The van der Waals surface area contributed by atoms with E-state index < -0.39 is 0 Å². The smallest absolute Gasteiger partial charge is 0.354 e. The summed E-state index contributed by atoms with van der Waals surface area (Å²) in [4.78, 5) is 13.4. The van der Waals surface area contributed by atoms with E-state index in [-0.39, 0.29) is 11.7 Å². The van der Waals surface area contributed by atoms with Crippen LogP contribution in [-0.2, 0) is 0 Å². The number of aromatic nitrogens is 4. The second-order valence-corrected chi connectivity index (χ2v) is 3.99. The van der Waals surface area contributed by atoms with Crippen LogP contribution >= 0.6 is 0 Å². The molecule has 1 saturated heterocycles. The molecule has 0 saturated carbocycles. The van der Waals surface area contributed by atoms with Gasteiger partial charge in [-0.1, -0.05) is 0 Å². The molecule has 0 aromatic carbocycles. The highest BCUT2D eigenvalue weighted by Gasteiger charge is 2.20. The van der Waals surface area contributed by atoms with E-state index in [4.69, 9.17) is 5.73 Å². The summed E-state index contributed by atoms with van der Waals surface area (Å²) in [6, 6.07) is 3.82. The zero-order valence-electron chi connectivity index (χ0n) is 8.63. The number of nitrogens with zero attached hydrogens (tertiary/aromatic N) is 4. The highest BCUT2D eigenvalue weighted by Crippen LogP contribution is 2.16. The Kier molecular flexibility index (Phi) is 1.93. The zero-order chi connectivity index (χ0) is 11.1. The first-order valence-corrected chi connectivity index (χ1v) is 5.19. The molecule has 1 atom stereocenters. The first kappa shape index (κ1) is 9.34. The first-order chi connectivity index (χ1) is 7.74. The number of hydrogen-bond donors (Lipinski definition) is 2. The SMILES string of the molecule is NC1CCN(c2ccc3n[nH]c(=O)n3n2)C1. The maximum absolute atomic E-state index is 11.3. The van der Waals surface area contributed by atoms with Gasteiger partial charge in [0.25, 0.3) is 0 Å². The molecule has 84 valence electrons. The van der Waals surface area contributed by atoms with Crippen LogP contribution in [0.1, 0.15) is 6.42 Å². The van der Waals surface area contributed by atoms with Crippen molar-refractivity contribution in [3.63, 3.8) is 0 Å². The van der Waals surface area contributed by atoms with E-state index in [9.17, 15) is 4.79 Å². The van der Waals surface area contributed by atoms with Crippen molar-refractivity contribution in [3.8, 4) is 0 Å². The van der Waals surface area contributed by atoms with Gasteiger partial charge in [0.1, 0.15) is 5.82 Å². The van der Waals surface area contributed by atoms with E-state index >= 15 is 0 Å². The Morgan fingerprint density at radius 2 is 2.38 bits per heavy atom. The standard InChI is InChI=1S/C9H12N6O/c10-6-3-4-14(5-6)8-2-1-7-11-12-9(16)15(7)13-8/h1-2,6H,3-5,10H2,(H,12,16). The molecule has 0 aliphatic carbocycles. The van der Waals surface area contributed by atoms with Gasteiger partial charge < -0.3 is 10.6 Å². The van der Waals surface area contributed by atoms with Gasteiger partial charge in [0.05, 0.1) is 0 Å². The number of H-pyrrole nitrogens is 1. The fraction of sp³-hybridized carbons (Fsp3) is 0.444. The molecule has 0 spiro atoms. The van der Waals surface area contributed by atoms with Crippen molar-refractivity contribution in [1.82, 2.24) is 19.8 Å². The summed E-state index contributed by atoms with van der Waals surface area (Å²) in [5, 5.41) is 10.4. The molecule has 2 aromatic heterocycles. The maximum Gasteiger partial charge on any atom is 0.364 e. The molecule has 3 N–H and O–H groups in total. The highest BCUT2D eigenvalue weighted by atomic mass is 16.2. The van der Waals surface area contributed by atoms with Gasteiger partial charge in [-0.05, 0) is 18.6 Å². The molecule has 7 nitrogen and oxygen atoms in total. The zero-order valence-corrected chi connectivity index (χ0v) is 8.63. The van der Waals surface area contributed by atoms with Gasteiger partial charge >= 0.3 is 5.69 Å². The number of rotatable bonds is 1. The van der Waals surface area contributed by atoms with E-state index in [1.807, 2.05) is 6.07 Å². The van der Waals surface area contributed by atoms with Crippen molar-refractivity contribution in [2.45, 2.75) is 12.5 Å². The van der Waals surface area contributed by atoms with Crippen LogP contribution in [0.25, 0.3) is 5.65 Å². The minimum Gasteiger partial charge on any atom is -0.354 e. The van der Waals surface area contributed by atoms with Crippen LogP contribution in [-0.4, -0.2) is 38.9 Å². The fourth-order valence-electron chi connectivity index (χ4n) is 1.96. The fourth-order valence-corrected chi connectivity index (χ4v) is 1.96. The number of hydrogen-bond acceptors (Lipinski definition) is 5. The van der Waals surface area contributed by atoms with Crippen LogP contribution in [0.2, 0.25) is 0 Å². The lowest BCUT2D eigenvalue weighted by Crippen LogP contribution is -2.27. The third kappa shape index (κ3) is 1.36. The maximum atomic E-state index is 11.3. The molecule has 1 aliphatic heterocycles. The van der Waals surface area contributed by atoms with Crippen LogP contribution in [0.5, 0.6) is 0 Å². The topological polar surface area (TPSA) is 92.3 Å². The lowest BCUT2D eigenvalue weighted by molar-refractivity contribution is 0.749. The van der Waals surface area contributed by atoms with Gasteiger partial charge in [0, 0.05) is 19.1 Å². The molecule has 7 heteroatoms. The van der Waals surface area contributed by atoms with Gasteiger partial charge in [-0.15, -0.1) is 5.10 Å². The summed E-state index contributed by atoms with van der Waals surface area (Å²) >= 11 is 0. The molecular formula is C9H12N6O. The minimum atomic E-state index is -0.319. The lowest BCUT2D eigenvalue weighted by atomic mass is 10.3. The molecule has 3 rings (SSSR count). The van der Waals surface area contributed by atoms with Crippen molar-refractivity contribution in [3.05, 3.63) is 22.6 Å². The van der Waals surface area contributed by atoms with Gasteiger partial charge in [-0.3, -0.25) is 0 Å². The Hall–Kier alpha value is -1.89. The number of aromatic amines is 1. The molecule has 1 aliphatic rings. The number of fused-ring (bicyclic) bond motifs is 1. The summed E-state index contributed by atoms with van der Waals surface area (Å²) < 4.78 is 1.26. The second kappa shape index (κ2) is 3.31. The van der Waals surface area contributed by atoms with E-state index in [0.29, 0.717) is 5.65 Å². The molecule has 1 unspecified atom stereocenters. The second-order valence-electron chi connectivity index (χ2n) is 3.99. The van der Waals surface area contributed by atoms with E-state index in [1.54, 1.807) is 6.07 Å². The van der Waals surface area contributed by atoms with Gasteiger partial charge in [0.15, 0.2) is 5.65 Å². The third-order valence-corrected chi connectivity index (χ3v) is 2.81. The average molecular weight is 220 g/mol. The Labute approximate surface area is 90.9 Å². The van der Waals surface area contributed by atoms with Crippen molar-refractivity contribution >= 4 is 11.5 Å². The Balaban J connectivity index is 2.04. The summed E-state index contributed by atoms with van der Waals surface area (Å²) in [6.45, 7) is 1.66. The first-order valence-electron chi connectivity index (χ1n) is 5.19. The normalized spacial score (nSPS) is 20.8. The Bertz CT molecular complexity index is 573. The van der Waals surface area contributed by atoms with E-state index in [1.165, 1.54) is 4.52 Å². The van der Waals surface area contributed by atoms with Crippen LogP contribution in [0.4, 0.5) is 5.82 Å². The number of anilines is 1. The molecule has 0 radical (unpaired) electrons. The number of nitrogens with one attached hydrogen (secondary N) is 1. The van der Waals surface area contributed by atoms with E-state index in [0.717, 1.165) is 25.3 Å². The van der Waals surface area contributed by atoms with Crippen LogP contribution in [0, 0.1) is 0 Å². The average Bonchev–Trinajstić information content (AvgIpc) is 2.86. The molecule has 16 heavy (non-hydrogen) atoms. The van der Waals surface area contributed by atoms with Crippen molar-refractivity contribution in [2.75, 3.05) is 18.0 Å². The van der Waals surface area contributed by atoms with Crippen LogP contribution < -0.4 is 16.3 Å². The largest absolute Gasteiger partial charge is 0.364 e. The van der Waals surface area contributed by atoms with Gasteiger partial charge in [-0.2, -0.15) is 9.61 Å². The monoisotopic (exact) mass is 220 g/mol. The van der Waals surface area contributed by atoms with Gasteiger partial charge in [-0.25, -0.2) is 9.89 Å². The summed E-state index contributed by atoms with van der Waals surface area (Å²) in [7, 11) is 0. The van der Waals surface area contributed by atoms with E-state index in [2.05, 4.69) is 20.2 Å². The predicted molar refractivity (Wildman–Crippen MR) is 58.4 cm³/mol. The lowest BCUT2D eigenvalue weighted by Gasteiger charge is -2.15. The molecule has 2 aromatic rings. The highest BCUT2D eigenvalue weighted by molar-refractivity contribution is 5.45. The van der Waals surface area contributed by atoms with Gasteiger partial charge in [0.2, 0.25) is 0 Å². The molecule has 1 fully saturated rings. The number of nitrogens with two attached hydrogens (primary N) is 1. The predicted octanol–water partition coefficient (Wildman–Crippen LogP) is -1.05. The summed E-state index contributed by atoms with van der Waals surface area (Å²) in [5.41, 5.74) is 6.03. The molecule has 3 heterocycles. The van der Waals surface area contributed by atoms with Crippen LogP contribution in [0.3, 0.4) is 0 Å². The molecule has 0 amide bonds. The minimum absolute atomic E-state index is 0.193. The van der Waals surface area contributed by atoms with Crippen LogP contribution in [0.15, 0.2) is 16.9 Å². The Morgan fingerprint density at radius 1 is 1.50 bits per heavy atom. The molecular weight excluding hydrogens is 208 g/mol. The molecule has 0 bridgehead atoms. The Morgan fingerprint density at radius 3 is 3.12 bits per heavy atom.